The van der Waals surface area contributed by atoms with Crippen molar-refractivity contribution >= 4 is 41.1 Å². The second kappa shape index (κ2) is 9.97. The molecule has 1 aromatic heterocycles. The fourth-order valence-electron chi connectivity index (χ4n) is 4.00. The van der Waals surface area contributed by atoms with Gasteiger partial charge in [0.25, 0.3) is 5.91 Å². The number of amides is 2. The summed E-state index contributed by atoms with van der Waals surface area (Å²) in [6.45, 7) is 5.34. The van der Waals surface area contributed by atoms with E-state index in [1.54, 1.807) is 0 Å². The number of nitrogens with one attached hydrogen (secondary N) is 5. The highest BCUT2D eigenvalue weighted by Crippen LogP contribution is 2.41. The lowest BCUT2D eigenvalue weighted by molar-refractivity contribution is -0.105. The number of anilines is 1. The summed E-state index contributed by atoms with van der Waals surface area (Å²) in [5.74, 6) is -0.0325. The highest BCUT2D eigenvalue weighted by atomic mass is 32.2. The van der Waals surface area contributed by atoms with E-state index in [4.69, 9.17) is 0 Å². The molecule has 0 radical (unpaired) electrons. The van der Waals surface area contributed by atoms with Crippen LogP contribution in [-0.2, 0) is 11.2 Å². The lowest BCUT2D eigenvalue weighted by Gasteiger charge is -2.14. The maximum absolute atomic E-state index is 12.7. The first-order valence-electron chi connectivity index (χ1n) is 10.0. The number of benzene rings is 1. The van der Waals surface area contributed by atoms with Crippen molar-refractivity contribution in [2.24, 2.45) is 0 Å². The Morgan fingerprint density at radius 1 is 1.23 bits per heavy atom. The van der Waals surface area contributed by atoms with E-state index in [1.165, 1.54) is 17.5 Å². The van der Waals surface area contributed by atoms with E-state index in [9.17, 15) is 9.59 Å². The van der Waals surface area contributed by atoms with Crippen LogP contribution in [0.5, 0.6) is 0 Å². The smallest absolute Gasteiger partial charge is 0.253 e. The van der Waals surface area contributed by atoms with Crippen molar-refractivity contribution in [3.63, 3.8) is 0 Å². The number of rotatable bonds is 9. The largest absolute Gasteiger partial charge is 0.358 e. The SMILES string of the molecule is CNCCNC(=O)c1c(C)[nH]c2c1CC/C2=C(/C)c1cc(SNC)ccc1NC=O. The van der Waals surface area contributed by atoms with Gasteiger partial charge in [-0.3, -0.25) is 14.3 Å². The fraction of sp³-hybridized carbons (Fsp3) is 0.364. The number of aromatic nitrogens is 1. The molecule has 0 saturated carbocycles. The zero-order chi connectivity index (χ0) is 21.7. The van der Waals surface area contributed by atoms with Crippen LogP contribution in [0.4, 0.5) is 5.69 Å². The molecule has 1 aromatic carbocycles. The van der Waals surface area contributed by atoms with Crippen LogP contribution in [0.1, 0.15) is 46.2 Å². The van der Waals surface area contributed by atoms with Gasteiger partial charge in [0.05, 0.1) is 5.56 Å². The number of allylic oxidation sites excluding steroid dienone is 2. The average Bonchev–Trinajstić information content (AvgIpc) is 3.26. The van der Waals surface area contributed by atoms with Crippen LogP contribution < -0.4 is 20.7 Å². The molecule has 7 nitrogen and oxygen atoms in total. The normalized spacial score (nSPS) is 14.4. The van der Waals surface area contributed by atoms with Crippen LogP contribution >= 0.6 is 11.9 Å². The minimum absolute atomic E-state index is 0.0325. The van der Waals surface area contributed by atoms with Gasteiger partial charge in [-0.05, 0) is 87.6 Å². The van der Waals surface area contributed by atoms with Crippen LogP contribution in [0.25, 0.3) is 11.1 Å². The Morgan fingerprint density at radius 3 is 2.73 bits per heavy atom. The van der Waals surface area contributed by atoms with E-state index in [2.05, 4.69) is 38.6 Å². The van der Waals surface area contributed by atoms with E-state index < -0.39 is 0 Å². The number of hydrogen-bond donors (Lipinski definition) is 5. The van der Waals surface area contributed by atoms with Crippen molar-refractivity contribution in [3.05, 3.63) is 46.3 Å². The molecule has 30 heavy (non-hydrogen) atoms. The molecule has 1 aliphatic carbocycles. The summed E-state index contributed by atoms with van der Waals surface area (Å²) >= 11 is 1.53. The van der Waals surface area contributed by atoms with Crippen molar-refractivity contribution in [1.82, 2.24) is 20.3 Å². The Hall–Kier alpha value is -2.55. The molecule has 0 unspecified atom stereocenters. The van der Waals surface area contributed by atoms with Crippen LogP contribution in [0, 0.1) is 6.92 Å². The summed E-state index contributed by atoms with van der Waals surface area (Å²) in [6, 6.07) is 5.97. The Kier molecular flexibility index (Phi) is 7.36. The first-order valence-corrected chi connectivity index (χ1v) is 10.9. The van der Waals surface area contributed by atoms with E-state index in [-0.39, 0.29) is 5.91 Å². The number of hydrogen-bond acceptors (Lipinski definition) is 5. The summed E-state index contributed by atoms with van der Waals surface area (Å²) in [5, 5.41) is 8.83. The molecule has 0 spiro atoms. The van der Waals surface area contributed by atoms with Gasteiger partial charge in [-0.25, -0.2) is 0 Å². The molecule has 3 rings (SSSR count). The molecule has 1 aliphatic rings. The minimum Gasteiger partial charge on any atom is -0.358 e. The summed E-state index contributed by atoms with van der Waals surface area (Å²) in [6.07, 6.45) is 2.38. The Bertz CT molecular complexity index is 980. The van der Waals surface area contributed by atoms with Crippen LogP contribution in [0.3, 0.4) is 0 Å². The van der Waals surface area contributed by atoms with Gasteiger partial charge in [0, 0.05) is 40.6 Å². The molecule has 5 N–H and O–H groups in total. The van der Waals surface area contributed by atoms with Gasteiger partial charge in [0.2, 0.25) is 6.41 Å². The number of carbonyl (C=O) groups is 2. The first-order chi connectivity index (χ1) is 14.5. The fourth-order valence-corrected chi connectivity index (χ4v) is 4.55. The van der Waals surface area contributed by atoms with Crippen molar-refractivity contribution in [2.45, 2.75) is 31.6 Å². The summed E-state index contributed by atoms with van der Waals surface area (Å²) in [5.41, 5.74) is 7.80. The van der Waals surface area contributed by atoms with Crippen molar-refractivity contribution in [3.8, 4) is 0 Å². The minimum atomic E-state index is -0.0325. The third-order valence-electron chi connectivity index (χ3n) is 5.39. The molecular formula is C22H29N5O2S. The Labute approximate surface area is 181 Å². The van der Waals surface area contributed by atoms with Gasteiger partial charge >= 0.3 is 0 Å². The molecule has 1 heterocycles. The maximum Gasteiger partial charge on any atom is 0.253 e. The third-order valence-corrected chi connectivity index (χ3v) is 6.08. The van der Waals surface area contributed by atoms with Gasteiger partial charge in [-0.15, -0.1) is 0 Å². The Balaban J connectivity index is 2.01. The van der Waals surface area contributed by atoms with Crippen molar-refractivity contribution in [2.75, 3.05) is 32.5 Å². The number of carbonyl (C=O) groups excluding carboxylic acids is 2. The average molecular weight is 428 g/mol. The monoisotopic (exact) mass is 427 g/mol. The summed E-state index contributed by atoms with van der Waals surface area (Å²) < 4.78 is 3.09. The van der Waals surface area contributed by atoms with Gasteiger partial charge in [-0.2, -0.15) is 0 Å². The van der Waals surface area contributed by atoms with E-state index in [1.807, 2.05) is 33.2 Å². The second-order valence-electron chi connectivity index (χ2n) is 7.22. The number of H-pyrrole nitrogens is 1. The zero-order valence-electron chi connectivity index (χ0n) is 17.9. The Morgan fingerprint density at radius 2 is 2.03 bits per heavy atom. The predicted molar refractivity (Wildman–Crippen MR) is 124 cm³/mol. The zero-order valence-corrected chi connectivity index (χ0v) is 18.7. The molecule has 8 heteroatoms. The number of likely N-dealkylation sites (N-methyl/N-ethyl adjacent to an activating group) is 1. The highest BCUT2D eigenvalue weighted by molar-refractivity contribution is 7.97. The standard InChI is InChI=1S/C22H29N5O2S/c1-13(18-11-15(30-24-4)5-8-19(18)26-12-28)16-6-7-17-20(14(2)27-21(16)17)22(29)25-10-9-23-3/h5,8,11-12,23-24,27H,6-7,9-10H2,1-4H3,(H,25,29)(H,26,28)/b16-13+. The molecule has 0 fully saturated rings. The van der Waals surface area contributed by atoms with Gasteiger partial charge < -0.3 is 20.9 Å². The topological polar surface area (TPSA) is 98.0 Å². The lowest BCUT2D eigenvalue weighted by atomic mass is 9.98. The predicted octanol–water partition coefficient (Wildman–Crippen LogP) is 2.94. The summed E-state index contributed by atoms with van der Waals surface area (Å²) in [4.78, 5) is 28.4. The second-order valence-corrected chi connectivity index (χ2v) is 8.30. The molecule has 0 aliphatic heterocycles. The molecule has 2 aromatic rings. The van der Waals surface area contributed by atoms with Gasteiger partial charge in [0.1, 0.15) is 0 Å². The van der Waals surface area contributed by atoms with Gasteiger partial charge in [0.15, 0.2) is 0 Å². The maximum atomic E-state index is 12.7. The number of fused-ring (bicyclic) bond motifs is 1. The van der Waals surface area contributed by atoms with Crippen molar-refractivity contribution in [1.29, 1.82) is 0 Å². The first kappa shape index (κ1) is 22.1. The van der Waals surface area contributed by atoms with Crippen molar-refractivity contribution < 1.29 is 9.59 Å². The quantitative estimate of drug-likeness (QED) is 0.241. The molecule has 2 amide bonds. The molecule has 160 valence electrons. The molecule has 0 atom stereocenters. The highest BCUT2D eigenvalue weighted by Gasteiger charge is 2.28. The van der Waals surface area contributed by atoms with Crippen LogP contribution in [-0.4, -0.2) is 44.5 Å². The van der Waals surface area contributed by atoms with E-state index in [0.29, 0.717) is 13.0 Å². The number of aryl methyl sites for hydroxylation is 1. The third kappa shape index (κ3) is 4.45. The lowest BCUT2D eigenvalue weighted by Crippen LogP contribution is -2.31. The molecular weight excluding hydrogens is 398 g/mol. The molecule has 0 bridgehead atoms. The van der Waals surface area contributed by atoms with E-state index in [0.717, 1.165) is 63.6 Å². The molecule has 0 saturated heterocycles. The van der Waals surface area contributed by atoms with Crippen LogP contribution in [0.15, 0.2) is 23.1 Å². The van der Waals surface area contributed by atoms with Gasteiger partial charge in [-0.1, -0.05) is 0 Å². The van der Waals surface area contributed by atoms with E-state index >= 15 is 0 Å². The summed E-state index contributed by atoms with van der Waals surface area (Å²) in [7, 11) is 3.74. The number of aromatic amines is 1. The van der Waals surface area contributed by atoms with Crippen LogP contribution in [0.2, 0.25) is 0 Å².